The van der Waals surface area contributed by atoms with Gasteiger partial charge in [0.25, 0.3) is 0 Å². The van der Waals surface area contributed by atoms with E-state index in [2.05, 4.69) is 12.2 Å². The average molecular weight is 237 g/mol. The molecular weight excluding hydrogens is 208 g/mol. The molecule has 0 radical (unpaired) electrons. The highest BCUT2D eigenvalue weighted by molar-refractivity contribution is 4.94. The second-order valence-corrected chi connectivity index (χ2v) is 6.98. The summed E-state index contributed by atoms with van der Waals surface area (Å²) in [4.78, 5) is 0. The molecule has 1 saturated heterocycles. The molecule has 0 amide bonds. The normalized spacial score (nSPS) is 51.2. The van der Waals surface area contributed by atoms with Crippen molar-refractivity contribution in [2.24, 2.45) is 23.5 Å². The Balaban J connectivity index is 1.75. The maximum absolute atomic E-state index is 6.66. The van der Waals surface area contributed by atoms with E-state index >= 15 is 0 Å². The molecular formula is C15H29N2+. The lowest BCUT2D eigenvalue weighted by atomic mass is 9.67. The van der Waals surface area contributed by atoms with E-state index < -0.39 is 0 Å². The van der Waals surface area contributed by atoms with Gasteiger partial charge in [-0.15, -0.1) is 0 Å². The van der Waals surface area contributed by atoms with Gasteiger partial charge in [0.05, 0.1) is 12.1 Å². The second kappa shape index (κ2) is 4.89. The van der Waals surface area contributed by atoms with Gasteiger partial charge in [0.2, 0.25) is 0 Å². The highest BCUT2D eigenvalue weighted by atomic mass is 15.0. The summed E-state index contributed by atoms with van der Waals surface area (Å²) in [5.74, 6) is 2.56. The van der Waals surface area contributed by atoms with Crippen LogP contribution in [0.5, 0.6) is 0 Å². The molecule has 3 rings (SSSR count). The Kier molecular flexibility index (Phi) is 3.45. The molecule has 4 N–H and O–H groups in total. The first-order valence-corrected chi connectivity index (χ1v) is 7.86. The van der Waals surface area contributed by atoms with Crippen LogP contribution in [0.15, 0.2) is 0 Å². The molecule has 2 nitrogen and oxygen atoms in total. The van der Waals surface area contributed by atoms with Crippen molar-refractivity contribution in [2.45, 2.75) is 76.4 Å². The average Bonchev–Trinajstić information content (AvgIpc) is 2.56. The number of hydrogen-bond acceptors (Lipinski definition) is 1. The van der Waals surface area contributed by atoms with E-state index in [9.17, 15) is 0 Å². The molecule has 0 aromatic heterocycles. The fraction of sp³-hybridized carbons (Fsp3) is 1.00. The minimum atomic E-state index is 0.510. The minimum absolute atomic E-state index is 0.510. The SMILES string of the molecule is CC1CCC2[NH2+]C3CCCCCC3C(N)C2C1. The van der Waals surface area contributed by atoms with Gasteiger partial charge in [-0.2, -0.15) is 0 Å². The van der Waals surface area contributed by atoms with E-state index in [1.807, 2.05) is 0 Å². The van der Waals surface area contributed by atoms with E-state index in [4.69, 9.17) is 5.73 Å². The van der Waals surface area contributed by atoms with Crippen molar-refractivity contribution < 1.29 is 5.32 Å². The molecule has 6 atom stereocenters. The monoisotopic (exact) mass is 237 g/mol. The third kappa shape index (κ3) is 2.26. The molecule has 2 aliphatic carbocycles. The number of fused-ring (bicyclic) bond motifs is 2. The Hall–Kier alpha value is -0.0800. The molecule has 1 heterocycles. The Morgan fingerprint density at radius 3 is 2.53 bits per heavy atom. The van der Waals surface area contributed by atoms with Crippen LogP contribution in [0.4, 0.5) is 0 Å². The van der Waals surface area contributed by atoms with Crippen LogP contribution in [-0.4, -0.2) is 18.1 Å². The van der Waals surface area contributed by atoms with Crippen LogP contribution < -0.4 is 11.1 Å². The Bertz CT molecular complexity index is 264. The number of rotatable bonds is 0. The van der Waals surface area contributed by atoms with Crippen LogP contribution in [0, 0.1) is 17.8 Å². The van der Waals surface area contributed by atoms with Crippen LogP contribution in [-0.2, 0) is 0 Å². The maximum Gasteiger partial charge on any atom is 0.0905 e. The smallest absolute Gasteiger partial charge is 0.0905 e. The number of piperidine rings is 1. The van der Waals surface area contributed by atoms with Crippen LogP contribution in [0.1, 0.15) is 58.3 Å². The summed E-state index contributed by atoms with van der Waals surface area (Å²) in [5, 5.41) is 2.75. The lowest BCUT2D eigenvalue weighted by molar-refractivity contribution is -0.747. The number of quaternary nitrogens is 1. The van der Waals surface area contributed by atoms with Gasteiger partial charge in [-0.1, -0.05) is 19.8 Å². The van der Waals surface area contributed by atoms with Crippen molar-refractivity contribution >= 4 is 0 Å². The number of nitrogens with two attached hydrogens (primary N) is 2. The molecule has 3 aliphatic rings. The summed E-state index contributed by atoms with van der Waals surface area (Å²) >= 11 is 0. The quantitative estimate of drug-likeness (QED) is 0.661. The summed E-state index contributed by atoms with van der Waals surface area (Å²) in [6.45, 7) is 2.42. The molecule has 2 saturated carbocycles. The van der Waals surface area contributed by atoms with Gasteiger partial charge >= 0.3 is 0 Å². The van der Waals surface area contributed by atoms with Crippen molar-refractivity contribution in [2.75, 3.05) is 0 Å². The van der Waals surface area contributed by atoms with Crippen LogP contribution >= 0.6 is 0 Å². The lowest BCUT2D eigenvalue weighted by Gasteiger charge is -2.47. The van der Waals surface area contributed by atoms with Crippen molar-refractivity contribution in [3.05, 3.63) is 0 Å². The van der Waals surface area contributed by atoms with Crippen LogP contribution in [0.25, 0.3) is 0 Å². The van der Waals surface area contributed by atoms with E-state index in [0.717, 1.165) is 29.8 Å². The van der Waals surface area contributed by atoms with Gasteiger partial charge in [0.1, 0.15) is 0 Å². The first kappa shape index (κ1) is 12.0. The first-order valence-electron chi connectivity index (χ1n) is 7.86. The maximum atomic E-state index is 6.66. The zero-order valence-corrected chi connectivity index (χ0v) is 11.3. The van der Waals surface area contributed by atoms with E-state index in [0.29, 0.717) is 6.04 Å². The lowest BCUT2D eigenvalue weighted by Crippen LogP contribution is -3.01. The zero-order chi connectivity index (χ0) is 11.8. The van der Waals surface area contributed by atoms with Crippen molar-refractivity contribution in [3.63, 3.8) is 0 Å². The fourth-order valence-corrected chi connectivity index (χ4v) is 4.85. The summed E-state index contributed by atoms with van der Waals surface area (Å²) in [5.41, 5.74) is 6.66. The van der Waals surface area contributed by atoms with Crippen LogP contribution in [0.2, 0.25) is 0 Å². The summed E-state index contributed by atoms with van der Waals surface area (Å²) in [6.07, 6.45) is 11.4. The molecule has 0 aromatic rings. The second-order valence-electron chi connectivity index (χ2n) is 6.98. The minimum Gasteiger partial charge on any atom is -0.341 e. The topological polar surface area (TPSA) is 42.6 Å². The van der Waals surface area contributed by atoms with Crippen molar-refractivity contribution in [1.82, 2.24) is 0 Å². The predicted molar refractivity (Wildman–Crippen MR) is 70.6 cm³/mol. The summed E-state index contributed by atoms with van der Waals surface area (Å²) in [7, 11) is 0. The molecule has 6 unspecified atom stereocenters. The van der Waals surface area contributed by atoms with E-state index in [1.54, 1.807) is 0 Å². The van der Waals surface area contributed by atoms with Gasteiger partial charge in [-0.05, 0) is 44.4 Å². The zero-order valence-electron chi connectivity index (χ0n) is 11.3. The highest BCUT2D eigenvalue weighted by Crippen LogP contribution is 2.37. The summed E-state index contributed by atoms with van der Waals surface area (Å²) in [6, 6.07) is 2.23. The Morgan fingerprint density at radius 1 is 0.882 bits per heavy atom. The molecule has 98 valence electrons. The van der Waals surface area contributed by atoms with Gasteiger partial charge in [0.15, 0.2) is 0 Å². The van der Waals surface area contributed by atoms with Crippen LogP contribution in [0.3, 0.4) is 0 Å². The third-order valence-electron chi connectivity index (χ3n) is 5.83. The molecule has 17 heavy (non-hydrogen) atoms. The molecule has 2 heteroatoms. The number of hydrogen-bond donors (Lipinski definition) is 2. The Labute approximate surface area is 106 Å². The highest BCUT2D eigenvalue weighted by Gasteiger charge is 2.47. The van der Waals surface area contributed by atoms with E-state index in [-0.39, 0.29) is 0 Å². The van der Waals surface area contributed by atoms with Gasteiger partial charge in [-0.3, -0.25) is 0 Å². The molecule has 0 aromatic carbocycles. The largest absolute Gasteiger partial charge is 0.341 e. The predicted octanol–water partition coefficient (Wildman–Crippen LogP) is 1.64. The first-order chi connectivity index (χ1) is 8.25. The van der Waals surface area contributed by atoms with Crippen molar-refractivity contribution in [3.8, 4) is 0 Å². The standard InChI is InChI=1S/C15H28N2/c1-10-7-8-14-12(9-10)15(16)11-5-3-2-4-6-13(11)17-14/h10-15,17H,2-9,16H2,1H3/p+1. The van der Waals surface area contributed by atoms with Gasteiger partial charge < -0.3 is 11.1 Å². The molecule has 0 spiro atoms. The van der Waals surface area contributed by atoms with Gasteiger partial charge in [-0.25, -0.2) is 0 Å². The van der Waals surface area contributed by atoms with Gasteiger partial charge in [0, 0.05) is 17.9 Å². The van der Waals surface area contributed by atoms with E-state index in [1.165, 1.54) is 51.4 Å². The molecule has 1 aliphatic heterocycles. The molecule has 0 bridgehead atoms. The third-order valence-corrected chi connectivity index (χ3v) is 5.83. The Morgan fingerprint density at radius 2 is 1.65 bits per heavy atom. The molecule has 3 fully saturated rings. The van der Waals surface area contributed by atoms with Crippen molar-refractivity contribution in [1.29, 1.82) is 0 Å². The summed E-state index contributed by atoms with van der Waals surface area (Å²) < 4.78 is 0. The fourth-order valence-electron chi connectivity index (χ4n) is 4.85.